The van der Waals surface area contributed by atoms with Crippen molar-refractivity contribution in [2.24, 2.45) is 11.8 Å². The van der Waals surface area contributed by atoms with Gasteiger partial charge in [0.2, 0.25) is 11.8 Å². The van der Waals surface area contributed by atoms with E-state index < -0.39 is 0 Å². The van der Waals surface area contributed by atoms with E-state index in [-0.39, 0.29) is 36.3 Å². The van der Waals surface area contributed by atoms with Gasteiger partial charge in [-0.15, -0.1) is 0 Å². The number of hydrogen-bond acceptors (Lipinski definition) is 5. The predicted molar refractivity (Wildman–Crippen MR) is 127 cm³/mol. The van der Waals surface area contributed by atoms with Gasteiger partial charge in [-0.2, -0.15) is 0 Å². The monoisotopic (exact) mass is 463 g/mol. The van der Waals surface area contributed by atoms with E-state index in [1.165, 1.54) is 5.56 Å². The van der Waals surface area contributed by atoms with Crippen molar-refractivity contribution in [2.45, 2.75) is 37.9 Å². The number of amides is 2. The van der Waals surface area contributed by atoms with Crippen LogP contribution in [-0.2, 0) is 25.7 Å². The maximum atomic E-state index is 13.4. The summed E-state index contributed by atoms with van der Waals surface area (Å²) in [4.78, 5) is 34.5. The zero-order valence-electron chi connectivity index (χ0n) is 19.6. The Labute approximate surface area is 201 Å². The van der Waals surface area contributed by atoms with E-state index in [0.29, 0.717) is 32.2 Å². The fourth-order valence-electron chi connectivity index (χ4n) is 5.14. The highest BCUT2D eigenvalue weighted by atomic mass is 16.5. The molecule has 1 saturated carbocycles. The molecular formula is C27H33N3O4. The van der Waals surface area contributed by atoms with Gasteiger partial charge in [0, 0.05) is 51.2 Å². The summed E-state index contributed by atoms with van der Waals surface area (Å²) >= 11 is 0. The van der Waals surface area contributed by atoms with E-state index in [4.69, 9.17) is 9.47 Å². The highest BCUT2D eigenvalue weighted by Gasteiger charge is 2.47. The normalized spacial score (nSPS) is 25.8. The largest absolute Gasteiger partial charge is 0.381 e. The topological polar surface area (TPSA) is 72.0 Å². The van der Waals surface area contributed by atoms with Crippen LogP contribution in [0.4, 0.5) is 0 Å². The van der Waals surface area contributed by atoms with Crippen LogP contribution in [0, 0.1) is 11.8 Å². The molecule has 0 spiro atoms. The van der Waals surface area contributed by atoms with Gasteiger partial charge < -0.3 is 19.3 Å². The summed E-state index contributed by atoms with van der Waals surface area (Å²) in [6, 6.07) is 14.1. The Morgan fingerprint density at radius 1 is 1.09 bits per heavy atom. The first-order valence-electron chi connectivity index (χ1n) is 12.4. The van der Waals surface area contributed by atoms with E-state index in [1.807, 2.05) is 35.2 Å². The van der Waals surface area contributed by atoms with Crippen LogP contribution in [-0.4, -0.2) is 72.1 Å². The van der Waals surface area contributed by atoms with Gasteiger partial charge in [0.05, 0.1) is 19.3 Å². The first kappa shape index (κ1) is 23.0. The third-order valence-electron chi connectivity index (χ3n) is 7.20. The van der Waals surface area contributed by atoms with Gasteiger partial charge >= 0.3 is 0 Å². The van der Waals surface area contributed by atoms with Gasteiger partial charge in [-0.05, 0) is 48.3 Å². The summed E-state index contributed by atoms with van der Waals surface area (Å²) in [6.45, 7) is 3.69. The molecule has 0 N–H and O–H groups in total. The van der Waals surface area contributed by atoms with Gasteiger partial charge in [-0.3, -0.25) is 14.6 Å². The van der Waals surface area contributed by atoms with E-state index in [0.717, 1.165) is 38.0 Å². The van der Waals surface area contributed by atoms with Gasteiger partial charge in [-0.1, -0.05) is 36.4 Å². The van der Waals surface area contributed by atoms with Crippen LogP contribution in [0.2, 0.25) is 0 Å². The summed E-state index contributed by atoms with van der Waals surface area (Å²) in [5.74, 6) is 0.732. The minimum atomic E-state index is -0.232. The van der Waals surface area contributed by atoms with Crippen LogP contribution >= 0.6 is 0 Å². The summed E-state index contributed by atoms with van der Waals surface area (Å²) in [5.41, 5.74) is 2.19. The molecule has 3 fully saturated rings. The molecule has 5 rings (SSSR count). The minimum Gasteiger partial charge on any atom is -0.381 e. The molecule has 7 heteroatoms. The van der Waals surface area contributed by atoms with Crippen LogP contribution in [0.1, 0.15) is 36.3 Å². The van der Waals surface area contributed by atoms with Crippen molar-refractivity contribution in [2.75, 3.05) is 39.4 Å². The molecule has 2 saturated heterocycles. The maximum Gasteiger partial charge on any atom is 0.242 e. The zero-order valence-corrected chi connectivity index (χ0v) is 19.6. The highest BCUT2D eigenvalue weighted by Crippen LogP contribution is 2.48. The van der Waals surface area contributed by atoms with Crippen molar-refractivity contribution in [1.82, 2.24) is 14.8 Å². The average molecular weight is 464 g/mol. The van der Waals surface area contributed by atoms with Gasteiger partial charge in [0.15, 0.2) is 0 Å². The molecule has 1 unspecified atom stereocenters. The molecule has 34 heavy (non-hydrogen) atoms. The van der Waals surface area contributed by atoms with E-state index in [1.54, 1.807) is 17.3 Å². The number of nitrogens with zero attached hydrogens (tertiary/aromatic N) is 3. The van der Waals surface area contributed by atoms with E-state index >= 15 is 0 Å². The van der Waals surface area contributed by atoms with Gasteiger partial charge in [-0.25, -0.2) is 0 Å². The van der Waals surface area contributed by atoms with Crippen molar-refractivity contribution in [1.29, 1.82) is 0 Å². The molecule has 3 heterocycles. The highest BCUT2D eigenvalue weighted by molar-refractivity contribution is 5.88. The Morgan fingerprint density at radius 2 is 1.91 bits per heavy atom. The van der Waals surface area contributed by atoms with Crippen LogP contribution in [0.15, 0.2) is 54.9 Å². The molecule has 3 aliphatic rings. The molecular weight excluding hydrogens is 430 g/mol. The fourth-order valence-corrected chi connectivity index (χ4v) is 5.14. The molecule has 180 valence electrons. The molecule has 2 amide bonds. The standard InChI is InChI=1S/C27H33N3O4/c31-26-18-30(27(32)25-13-24(25)22-6-2-1-3-7-22)17-23(34-19-21-5-4-10-28-14-21)16-29(26)15-20-8-11-33-12-9-20/h1-7,10,14,20,23-25H,8-9,11-13,15-19H2/t23?,24-,25+/m0/s1. The number of aromatic nitrogens is 1. The molecule has 2 aromatic rings. The van der Waals surface area contributed by atoms with Crippen LogP contribution < -0.4 is 0 Å². The average Bonchev–Trinajstić information content (AvgIpc) is 3.70. The summed E-state index contributed by atoms with van der Waals surface area (Å²) < 4.78 is 11.7. The third kappa shape index (κ3) is 5.65. The molecule has 1 aliphatic carbocycles. The van der Waals surface area contributed by atoms with Crippen molar-refractivity contribution >= 4 is 11.8 Å². The quantitative estimate of drug-likeness (QED) is 0.632. The second-order valence-corrected chi connectivity index (χ2v) is 9.73. The van der Waals surface area contributed by atoms with Gasteiger partial charge in [0.25, 0.3) is 0 Å². The number of pyridine rings is 1. The Hall–Kier alpha value is -2.77. The number of rotatable bonds is 7. The molecule has 1 aromatic carbocycles. The lowest BCUT2D eigenvalue weighted by molar-refractivity contribution is -0.140. The van der Waals surface area contributed by atoms with Crippen LogP contribution in [0.5, 0.6) is 0 Å². The number of carbonyl (C=O) groups is 2. The number of ether oxygens (including phenoxy) is 2. The zero-order chi connectivity index (χ0) is 23.3. The third-order valence-corrected chi connectivity index (χ3v) is 7.20. The Morgan fingerprint density at radius 3 is 2.68 bits per heavy atom. The summed E-state index contributed by atoms with van der Waals surface area (Å²) in [7, 11) is 0. The van der Waals surface area contributed by atoms with Crippen LogP contribution in [0.3, 0.4) is 0 Å². The molecule has 7 nitrogen and oxygen atoms in total. The number of benzene rings is 1. The Balaban J connectivity index is 1.27. The Kier molecular flexibility index (Phi) is 7.21. The fraction of sp³-hybridized carbons (Fsp3) is 0.519. The molecule has 1 aromatic heterocycles. The molecule has 0 radical (unpaired) electrons. The lowest BCUT2D eigenvalue weighted by Gasteiger charge is -2.30. The lowest BCUT2D eigenvalue weighted by Crippen LogP contribution is -2.42. The second kappa shape index (κ2) is 10.7. The number of carbonyl (C=O) groups excluding carboxylic acids is 2. The minimum absolute atomic E-state index is 0.0178. The number of hydrogen-bond donors (Lipinski definition) is 0. The van der Waals surface area contributed by atoms with Crippen molar-refractivity contribution in [3.63, 3.8) is 0 Å². The smallest absolute Gasteiger partial charge is 0.242 e. The SMILES string of the molecule is O=C1CN(C(=O)[C@@H]2C[C@H]2c2ccccc2)CC(OCc2cccnc2)CN1CC1CCOCC1. The second-order valence-electron chi connectivity index (χ2n) is 9.73. The van der Waals surface area contributed by atoms with Crippen molar-refractivity contribution in [3.8, 4) is 0 Å². The van der Waals surface area contributed by atoms with Crippen molar-refractivity contribution in [3.05, 3.63) is 66.0 Å². The first-order chi connectivity index (χ1) is 16.7. The molecule has 0 bridgehead atoms. The van der Waals surface area contributed by atoms with Crippen LogP contribution in [0.25, 0.3) is 0 Å². The van der Waals surface area contributed by atoms with Crippen molar-refractivity contribution < 1.29 is 19.1 Å². The Bertz CT molecular complexity index is 964. The summed E-state index contributed by atoms with van der Waals surface area (Å²) in [5, 5.41) is 0. The maximum absolute atomic E-state index is 13.4. The summed E-state index contributed by atoms with van der Waals surface area (Å²) in [6.07, 6.45) is 6.08. The molecule has 2 aliphatic heterocycles. The van der Waals surface area contributed by atoms with E-state index in [2.05, 4.69) is 17.1 Å². The lowest BCUT2D eigenvalue weighted by atomic mass is 9.99. The predicted octanol–water partition coefficient (Wildman–Crippen LogP) is 2.87. The van der Waals surface area contributed by atoms with E-state index in [9.17, 15) is 9.59 Å². The first-order valence-corrected chi connectivity index (χ1v) is 12.4. The van der Waals surface area contributed by atoms with Gasteiger partial charge in [0.1, 0.15) is 0 Å². The molecule has 3 atom stereocenters.